The molecule has 0 aromatic carbocycles. The van der Waals surface area contributed by atoms with Crippen molar-refractivity contribution in [2.45, 2.75) is 46.2 Å². The Bertz CT molecular complexity index is 261. The third kappa shape index (κ3) is 2.56. The maximum Gasteiger partial charge on any atom is 0.243 e. The molecular weight excluding hydrogens is 192 g/mol. The molecule has 4 heteroatoms. The fourth-order valence-electron chi connectivity index (χ4n) is 1.80. The standard InChI is InChI=1S/C11H20N2O2/c1-8(2)12-6-9(14)13(10(15)7-12)11(3,4)5/h8H,6-7H2,1-5H3. The van der Waals surface area contributed by atoms with Crippen LogP contribution in [0, 0.1) is 0 Å². The Morgan fingerprint density at radius 2 is 1.47 bits per heavy atom. The third-order valence-electron chi connectivity index (χ3n) is 2.58. The van der Waals surface area contributed by atoms with E-state index >= 15 is 0 Å². The number of imide groups is 1. The van der Waals surface area contributed by atoms with Gasteiger partial charge < -0.3 is 0 Å². The van der Waals surface area contributed by atoms with Gasteiger partial charge in [-0.3, -0.25) is 19.4 Å². The quantitative estimate of drug-likeness (QED) is 0.605. The van der Waals surface area contributed by atoms with Crippen molar-refractivity contribution in [2.24, 2.45) is 0 Å². The van der Waals surface area contributed by atoms with Crippen LogP contribution >= 0.6 is 0 Å². The van der Waals surface area contributed by atoms with E-state index in [2.05, 4.69) is 0 Å². The van der Waals surface area contributed by atoms with Gasteiger partial charge in [0.05, 0.1) is 13.1 Å². The molecule has 0 unspecified atom stereocenters. The SMILES string of the molecule is CC(C)N1CC(=O)N(C(C)(C)C)C(=O)C1. The van der Waals surface area contributed by atoms with Crippen LogP contribution in [0.4, 0.5) is 0 Å². The van der Waals surface area contributed by atoms with Gasteiger partial charge in [0.1, 0.15) is 0 Å². The number of hydrogen-bond acceptors (Lipinski definition) is 3. The molecule has 15 heavy (non-hydrogen) atoms. The summed E-state index contributed by atoms with van der Waals surface area (Å²) in [5, 5.41) is 0. The van der Waals surface area contributed by atoms with E-state index in [0.29, 0.717) is 13.1 Å². The first-order valence-corrected chi connectivity index (χ1v) is 5.33. The van der Waals surface area contributed by atoms with Crippen molar-refractivity contribution < 1.29 is 9.59 Å². The second-order valence-corrected chi connectivity index (χ2v) is 5.29. The summed E-state index contributed by atoms with van der Waals surface area (Å²) < 4.78 is 0. The number of carbonyl (C=O) groups excluding carboxylic acids is 2. The van der Waals surface area contributed by atoms with Crippen LogP contribution in [0.15, 0.2) is 0 Å². The summed E-state index contributed by atoms with van der Waals surface area (Å²) in [5.74, 6) is -0.181. The van der Waals surface area contributed by atoms with E-state index in [1.165, 1.54) is 4.90 Å². The lowest BCUT2D eigenvalue weighted by Crippen LogP contribution is -2.61. The summed E-state index contributed by atoms with van der Waals surface area (Å²) in [6.07, 6.45) is 0. The molecule has 4 nitrogen and oxygen atoms in total. The third-order valence-corrected chi connectivity index (χ3v) is 2.58. The smallest absolute Gasteiger partial charge is 0.243 e. The summed E-state index contributed by atoms with van der Waals surface area (Å²) in [5.41, 5.74) is -0.406. The molecule has 0 bridgehead atoms. The minimum Gasteiger partial charge on any atom is -0.283 e. The highest BCUT2D eigenvalue weighted by molar-refractivity contribution is 6.00. The molecule has 1 fully saturated rings. The number of piperazine rings is 1. The van der Waals surface area contributed by atoms with Crippen LogP contribution < -0.4 is 0 Å². The molecule has 1 aliphatic rings. The monoisotopic (exact) mass is 212 g/mol. The van der Waals surface area contributed by atoms with Crippen LogP contribution in [0.25, 0.3) is 0 Å². The molecule has 1 rings (SSSR count). The van der Waals surface area contributed by atoms with Gasteiger partial charge in [-0.15, -0.1) is 0 Å². The second kappa shape index (κ2) is 3.93. The zero-order valence-electron chi connectivity index (χ0n) is 10.2. The Balaban J connectivity index is 2.83. The molecule has 0 N–H and O–H groups in total. The lowest BCUT2D eigenvalue weighted by molar-refractivity contribution is -0.158. The minimum absolute atomic E-state index is 0.0903. The van der Waals surface area contributed by atoms with E-state index in [9.17, 15) is 9.59 Å². The molecule has 1 aliphatic heterocycles. The van der Waals surface area contributed by atoms with Crippen molar-refractivity contribution in [2.75, 3.05) is 13.1 Å². The average molecular weight is 212 g/mol. The summed E-state index contributed by atoms with van der Waals surface area (Å²) >= 11 is 0. The zero-order chi connectivity index (χ0) is 11.8. The summed E-state index contributed by atoms with van der Waals surface area (Å²) in [6.45, 7) is 10.3. The maximum atomic E-state index is 11.8. The first kappa shape index (κ1) is 12.2. The van der Waals surface area contributed by atoms with E-state index in [-0.39, 0.29) is 17.9 Å². The lowest BCUT2D eigenvalue weighted by atomic mass is 10.0. The molecule has 0 atom stereocenters. The molecular formula is C11H20N2O2. The van der Waals surface area contributed by atoms with Crippen molar-refractivity contribution in [1.82, 2.24) is 9.80 Å². The highest BCUT2D eigenvalue weighted by Crippen LogP contribution is 2.18. The van der Waals surface area contributed by atoms with Gasteiger partial charge >= 0.3 is 0 Å². The van der Waals surface area contributed by atoms with Crippen LogP contribution in [-0.2, 0) is 9.59 Å². The van der Waals surface area contributed by atoms with Crippen molar-refractivity contribution in [3.63, 3.8) is 0 Å². The van der Waals surface area contributed by atoms with Crippen LogP contribution in [0.1, 0.15) is 34.6 Å². The number of carbonyl (C=O) groups is 2. The Morgan fingerprint density at radius 1 is 1.07 bits per heavy atom. The van der Waals surface area contributed by atoms with Gasteiger partial charge in [-0.1, -0.05) is 0 Å². The van der Waals surface area contributed by atoms with Crippen LogP contribution in [-0.4, -0.2) is 46.3 Å². The van der Waals surface area contributed by atoms with E-state index in [0.717, 1.165) is 0 Å². The highest BCUT2D eigenvalue weighted by atomic mass is 16.2. The molecule has 0 aromatic heterocycles. The number of rotatable bonds is 1. The highest BCUT2D eigenvalue weighted by Gasteiger charge is 2.38. The predicted octanol–water partition coefficient (Wildman–Crippen LogP) is 0.864. The number of amides is 2. The molecule has 86 valence electrons. The Labute approximate surface area is 91.2 Å². The molecule has 0 aromatic rings. The molecule has 1 heterocycles. The zero-order valence-corrected chi connectivity index (χ0v) is 10.2. The lowest BCUT2D eigenvalue weighted by Gasteiger charge is -2.41. The van der Waals surface area contributed by atoms with Crippen LogP contribution in [0.2, 0.25) is 0 Å². The molecule has 0 aliphatic carbocycles. The first-order valence-electron chi connectivity index (χ1n) is 5.33. The molecule has 2 amide bonds. The van der Waals surface area contributed by atoms with Gasteiger partial charge in [0, 0.05) is 11.6 Å². The van der Waals surface area contributed by atoms with Gasteiger partial charge in [-0.2, -0.15) is 0 Å². The summed E-state index contributed by atoms with van der Waals surface area (Å²) in [6, 6.07) is 0.236. The minimum atomic E-state index is -0.406. The molecule has 0 radical (unpaired) electrons. The number of hydrogen-bond donors (Lipinski definition) is 0. The fraction of sp³-hybridized carbons (Fsp3) is 0.818. The molecule has 0 spiro atoms. The second-order valence-electron chi connectivity index (χ2n) is 5.29. The van der Waals surface area contributed by atoms with Crippen molar-refractivity contribution in [3.05, 3.63) is 0 Å². The van der Waals surface area contributed by atoms with Crippen molar-refractivity contribution in [1.29, 1.82) is 0 Å². The molecule has 0 saturated carbocycles. The van der Waals surface area contributed by atoms with Crippen molar-refractivity contribution >= 4 is 11.8 Å². The average Bonchev–Trinajstić information content (AvgIpc) is 1.99. The topological polar surface area (TPSA) is 40.6 Å². The Hall–Kier alpha value is -0.900. The largest absolute Gasteiger partial charge is 0.283 e. The number of nitrogens with zero attached hydrogens (tertiary/aromatic N) is 2. The van der Waals surface area contributed by atoms with Gasteiger partial charge in [0.25, 0.3) is 0 Å². The van der Waals surface area contributed by atoms with Gasteiger partial charge in [0.2, 0.25) is 11.8 Å². The van der Waals surface area contributed by atoms with Gasteiger partial charge in [-0.25, -0.2) is 0 Å². The van der Waals surface area contributed by atoms with Crippen LogP contribution in [0.5, 0.6) is 0 Å². The Kier molecular flexibility index (Phi) is 3.19. The summed E-state index contributed by atoms with van der Waals surface area (Å²) in [4.78, 5) is 26.9. The fourth-order valence-corrected chi connectivity index (χ4v) is 1.80. The van der Waals surface area contributed by atoms with Crippen LogP contribution in [0.3, 0.4) is 0 Å². The van der Waals surface area contributed by atoms with Gasteiger partial charge in [-0.05, 0) is 34.6 Å². The normalized spacial score (nSPS) is 20.3. The van der Waals surface area contributed by atoms with E-state index in [1.807, 2.05) is 39.5 Å². The summed E-state index contributed by atoms with van der Waals surface area (Å²) in [7, 11) is 0. The molecule has 1 saturated heterocycles. The van der Waals surface area contributed by atoms with Crippen molar-refractivity contribution in [3.8, 4) is 0 Å². The van der Waals surface area contributed by atoms with E-state index < -0.39 is 5.54 Å². The Morgan fingerprint density at radius 3 is 1.73 bits per heavy atom. The maximum absolute atomic E-state index is 11.8. The van der Waals surface area contributed by atoms with Gasteiger partial charge in [0.15, 0.2) is 0 Å². The first-order chi connectivity index (χ1) is 6.73. The predicted molar refractivity (Wildman–Crippen MR) is 58.3 cm³/mol. The van der Waals surface area contributed by atoms with E-state index in [1.54, 1.807) is 0 Å². The van der Waals surface area contributed by atoms with E-state index in [4.69, 9.17) is 0 Å².